The van der Waals surface area contributed by atoms with E-state index < -0.39 is 16.9 Å². The lowest BCUT2D eigenvalue weighted by Gasteiger charge is -2.36. The highest BCUT2D eigenvalue weighted by atomic mass is 16.2. The van der Waals surface area contributed by atoms with Crippen molar-refractivity contribution in [2.45, 2.75) is 57.4 Å². The minimum Gasteiger partial charge on any atom is -0.345 e. The van der Waals surface area contributed by atoms with E-state index in [-0.39, 0.29) is 23.4 Å². The second kappa shape index (κ2) is 8.24. The molecule has 0 aromatic carbocycles. The van der Waals surface area contributed by atoms with Gasteiger partial charge < -0.3 is 5.32 Å². The zero-order valence-electron chi connectivity index (χ0n) is 18.8. The third-order valence-corrected chi connectivity index (χ3v) is 7.76. The van der Waals surface area contributed by atoms with E-state index in [2.05, 4.69) is 26.1 Å². The van der Waals surface area contributed by atoms with Crippen LogP contribution in [0.3, 0.4) is 0 Å². The number of nitrogens with zero attached hydrogens (tertiary/aromatic N) is 2. The molecule has 3 amide bonds. The smallest absolute Gasteiger partial charge is 0.288 e. The van der Waals surface area contributed by atoms with Crippen LogP contribution in [-0.4, -0.2) is 33.2 Å². The van der Waals surface area contributed by atoms with Crippen LogP contribution in [0.5, 0.6) is 0 Å². The Kier molecular flexibility index (Phi) is 5.38. The summed E-state index contributed by atoms with van der Waals surface area (Å²) in [5, 5.41) is 3.33. The van der Waals surface area contributed by atoms with Gasteiger partial charge in [-0.2, -0.15) is 0 Å². The van der Waals surface area contributed by atoms with Crippen LogP contribution in [0.15, 0.2) is 42.6 Å². The first-order valence-corrected chi connectivity index (χ1v) is 11.7. The summed E-state index contributed by atoms with van der Waals surface area (Å²) in [7, 11) is 0. The summed E-state index contributed by atoms with van der Waals surface area (Å²) in [5.41, 5.74) is 5.62. The van der Waals surface area contributed by atoms with Crippen LogP contribution in [0.2, 0.25) is 0 Å². The van der Waals surface area contributed by atoms with Crippen LogP contribution in [0.25, 0.3) is 0 Å². The Labute approximate surface area is 192 Å². The summed E-state index contributed by atoms with van der Waals surface area (Å²) in [6.45, 7) is 1.87. The van der Waals surface area contributed by atoms with Gasteiger partial charge in [0.15, 0.2) is 0 Å². The number of pyridine rings is 2. The first-order chi connectivity index (χ1) is 15.9. The van der Waals surface area contributed by atoms with Crippen molar-refractivity contribution < 1.29 is 14.4 Å². The Hall–Kier alpha value is -3.29. The van der Waals surface area contributed by atoms with Gasteiger partial charge in [0.05, 0.1) is 5.41 Å². The minimum absolute atomic E-state index is 0.173. The number of hydrogen-bond donors (Lipinski definition) is 3. The zero-order valence-corrected chi connectivity index (χ0v) is 18.8. The van der Waals surface area contributed by atoms with Gasteiger partial charge in [-0.05, 0) is 75.1 Å². The van der Waals surface area contributed by atoms with Gasteiger partial charge in [0.1, 0.15) is 11.4 Å². The monoisotopic (exact) mass is 447 g/mol. The fourth-order valence-corrected chi connectivity index (χ4v) is 6.45. The molecular formula is C25H29N5O3. The lowest BCUT2D eigenvalue weighted by molar-refractivity contribution is -0.134. The molecular weight excluding hydrogens is 418 g/mol. The highest BCUT2D eigenvalue weighted by molar-refractivity contribution is 5.95. The Bertz CT molecular complexity index is 1090. The molecule has 172 valence electrons. The van der Waals surface area contributed by atoms with E-state index in [4.69, 9.17) is 0 Å². The predicted molar refractivity (Wildman–Crippen MR) is 121 cm³/mol. The normalized spacial score (nSPS) is 29.7. The van der Waals surface area contributed by atoms with E-state index in [1.54, 1.807) is 24.3 Å². The standard InChI is InChI=1S/C25H29N5O3/c1-16-6-4-9-20(27-16)21(31)28-25-10-5-7-17-12-18(25)14-24(13-17,15-25)23(33)30-29-22(32)19-8-2-3-11-26-19/h2-4,6,8-9,11,17-18H,5,7,10,12-15H2,1H3,(H,28,31)(H,29,32)(H,30,33). The van der Waals surface area contributed by atoms with E-state index in [1.165, 1.54) is 6.20 Å². The number of rotatable bonds is 4. The van der Waals surface area contributed by atoms with Crippen LogP contribution >= 0.6 is 0 Å². The second-order valence-corrected chi connectivity index (χ2v) is 9.95. The fraction of sp³-hybridized carbons (Fsp3) is 0.480. The average Bonchev–Trinajstić information content (AvgIpc) is 2.96. The molecule has 2 heterocycles. The molecule has 3 saturated carbocycles. The summed E-state index contributed by atoms with van der Waals surface area (Å²) in [6.07, 6.45) is 7.62. The lowest BCUT2D eigenvalue weighted by atomic mass is 9.69. The summed E-state index contributed by atoms with van der Waals surface area (Å²) < 4.78 is 0. The molecule has 33 heavy (non-hydrogen) atoms. The number of carbonyl (C=O) groups excluding carboxylic acids is 3. The molecule has 3 bridgehead atoms. The highest BCUT2D eigenvalue weighted by Crippen LogP contribution is 2.61. The van der Waals surface area contributed by atoms with Crippen LogP contribution in [0.4, 0.5) is 0 Å². The maximum Gasteiger partial charge on any atom is 0.288 e. The van der Waals surface area contributed by atoms with Crippen molar-refractivity contribution in [3.8, 4) is 0 Å². The molecule has 4 atom stereocenters. The average molecular weight is 448 g/mol. The first kappa shape index (κ1) is 21.6. The Morgan fingerprint density at radius 3 is 2.64 bits per heavy atom. The van der Waals surface area contributed by atoms with Gasteiger partial charge in [-0.15, -0.1) is 0 Å². The third kappa shape index (κ3) is 3.98. The predicted octanol–water partition coefficient (Wildman–Crippen LogP) is 2.71. The van der Waals surface area contributed by atoms with Crippen molar-refractivity contribution in [1.82, 2.24) is 26.1 Å². The van der Waals surface area contributed by atoms with Crippen LogP contribution in [0, 0.1) is 24.2 Å². The number of amides is 3. The van der Waals surface area contributed by atoms with Crippen LogP contribution in [-0.2, 0) is 4.79 Å². The van der Waals surface area contributed by atoms with Crippen LogP contribution in [0.1, 0.15) is 71.6 Å². The Morgan fingerprint density at radius 1 is 1.00 bits per heavy atom. The molecule has 8 heteroatoms. The summed E-state index contributed by atoms with van der Waals surface area (Å²) in [6, 6.07) is 10.5. The quantitative estimate of drug-likeness (QED) is 0.624. The maximum absolute atomic E-state index is 13.4. The van der Waals surface area contributed by atoms with Crippen molar-refractivity contribution in [3.05, 3.63) is 59.7 Å². The van der Waals surface area contributed by atoms with Crippen LogP contribution < -0.4 is 16.2 Å². The largest absolute Gasteiger partial charge is 0.345 e. The van der Waals surface area contributed by atoms with E-state index in [1.807, 2.05) is 19.1 Å². The third-order valence-electron chi connectivity index (χ3n) is 7.76. The highest BCUT2D eigenvalue weighted by Gasteiger charge is 2.62. The van der Waals surface area contributed by atoms with E-state index >= 15 is 0 Å². The molecule has 0 saturated heterocycles. The molecule has 0 spiro atoms. The van der Waals surface area contributed by atoms with E-state index in [0.29, 0.717) is 18.0 Å². The number of aryl methyl sites for hydroxylation is 1. The van der Waals surface area contributed by atoms with E-state index in [9.17, 15) is 14.4 Å². The number of nitrogens with one attached hydrogen (secondary N) is 3. The van der Waals surface area contributed by atoms with E-state index in [0.717, 1.165) is 44.2 Å². The van der Waals surface area contributed by atoms with Gasteiger partial charge in [0, 0.05) is 17.4 Å². The molecule has 2 aromatic heterocycles. The van der Waals surface area contributed by atoms with Crippen molar-refractivity contribution in [2.75, 3.05) is 0 Å². The fourth-order valence-electron chi connectivity index (χ4n) is 6.45. The topological polar surface area (TPSA) is 113 Å². The number of fused-ring (bicyclic) bond motifs is 2. The number of aromatic nitrogens is 2. The zero-order chi connectivity index (χ0) is 23.1. The molecule has 0 aliphatic heterocycles. The van der Waals surface area contributed by atoms with Crippen molar-refractivity contribution in [1.29, 1.82) is 0 Å². The number of carbonyl (C=O) groups is 3. The van der Waals surface area contributed by atoms with Gasteiger partial charge in [-0.1, -0.05) is 25.0 Å². The number of hydrazine groups is 1. The van der Waals surface area contributed by atoms with Gasteiger partial charge >= 0.3 is 0 Å². The lowest BCUT2D eigenvalue weighted by Crippen LogP contribution is -2.53. The first-order valence-electron chi connectivity index (χ1n) is 11.7. The maximum atomic E-state index is 13.4. The molecule has 4 unspecified atom stereocenters. The molecule has 2 aromatic rings. The summed E-state index contributed by atoms with van der Waals surface area (Å²) in [5.74, 6) is -0.0968. The van der Waals surface area contributed by atoms with Crippen molar-refractivity contribution in [2.24, 2.45) is 17.3 Å². The van der Waals surface area contributed by atoms with Crippen molar-refractivity contribution >= 4 is 17.7 Å². The molecule has 3 fully saturated rings. The number of hydrogen-bond acceptors (Lipinski definition) is 5. The molecule has 8 nitrogen and oxygen atoms in total. The van der Waals surface area contributed by atoms with Crippen molar-refractivity contribution in [3.63, 3.8) is 0 Å². The molecule has 3 aliphatic carbocycles. The summed E-state index contributed by atoms with van der Waals surface area (Å²) in [4.78, 5) is 47.3. The molecule has 3 N–H and O–H groups in total. The van der Waals surface area contributed by atoms with Gasteiger partial charge in [-0.3, -0.25) is 30.2 Å². The Balaban J connectivity index is 1.34. The molecule has 5 rings (SSSR count). The van der Waals surface area contributed by atoms with Gasteiger partial charge in [-0.25, -0.2) is 4.98 Å². The minimum atomic E-state index is -0.598. The Morgan fingerprint density at radius 2 is 1.85 bits per heavy atom. The second-order valence-electron chi connectivity index (χ2n) is 9.95. The SMILES string of the molecule is Cc1cccc(C(=O)NC23CCCC4CC2CC(C(=O)NNC(=O)c2ccccn2)(C4)C3)n1. The molecule has 3 aliphatic rings. The van der Waals surface area contributed by atoms with Gasteiger partial charge in [0.2, 0.25) is 5.91 Å². The van der Waals surface area contributed by atoms with Gasteiger partial charge in [0.25, 0.3) is 11.8 Å². The molecule has 0 radical (unpaired) electrons. The summed E-state index contributed by atoms with van der Waals surface area (Å²) >= 11 is 0.